The molecule has 10 aromatic rings. The fourth-order valence-electron chi connectivity index (χ4n) is 7.55. The quantitative estimate of drug-likeness (QED) is 0.183. The van der Waals surface area contributed by atoms with Gasteiger partial charge in [-0.2, -0.15) is 4.80 Å². The van der Waals surface area contributed by atoms with Gasteiger partial charge in [0.25, 0.3) is 0 Å². The molecule has 0 aliphatic heterocycles. The van der Waals surface area contributed by atoms with Crippen molar-refractivity contribution in [1.82, 2.24) is 20.0 Å². The van der Waals surface area contributed by atoms with Gasteiger partial charge in [0.05, 0.1) is 5.69 Å². The zero-order valence-corrected chi connectivity index (χ0v) is 26.5. The van der Waals surface area contributed by atoms with Crippen molar-refractivity contribution < 1.29 is 0 Å². The Morgan fingerprint density at radius 2 is 0.918 bits per heavy atom. The Morgan fingerprint density at radius 3 is 1.59 bits per heavy atom. The van der Waals surface area contributed by atoms with Gasteiger partial charge in [-0.1, -0.05) is 127 Å². The fourth-order valence-corrected chi connectivity index (χ4v) is 7.55. The average molecular weight is 625 g/mol. The van der Waals surface area contributed by atoms with Crippen molar-refractivity contribution >= 4 is 54.1 Å². The molecule has 0 fully saturated rings. The zero-order valence-electron chi connectivity index (χ0n) is 26.5. The lowest BCUT2D eigenvalue weighted by molar-refractivity contribution is 0.766. The number of rotatable bonds is 4. The van der Waals surface area contributed by atoms with Crippen molar-refractivity contribution in [1.29, 1.82) is 0 Å². The van der Waals surface area contributed by atoms with Crippen LogP contribution in [0.25, 0.3) is 93.2 Å². The van der Waals surface area contributed by atoms with Crippen LogP contribution >= 0.6 is 0 Å². The molecular formula is C45H28N4. The van der Waals surface area contributed by atoms with Crippen LogP contribution in [0.4, 0.5) is 0 Å². The van der Waals surface area contributed by atoms with E-state index in [1.165, 1.54) is 49.0 Å². The summed E-state index contributed by atoms with van der Waals surface area (Å²) in [6.45, 7) is 0. The molecule has 0 unspecified atom stereocenters. The van der Waals surface area contributed by atoms with E-state index in [1.807, 2.05) is 24.5 Å². The van der Waals surface area contributed by atoms with Gasteiger partial charge in [-0.3, -0.25) is 4.98 Å². The zero-order chi connectivity index (χ0) is 32.3. The fraction of sp³-hybridized carbons (Fsp3) is 0. The van der Waals surface area contributed by atoms with Crippen LogP contribution in [0.15, 0.2) is 170 Å². The van der Waals surface area contributed by atoms with Crippen LogP contribution < -0.4 is 0 Å². The second kappa shape index (κ2) is 11.0. The number of aromatic nitrogens is 4. The molecule has 228 valence electrons. The van der Waals surface area contributed by atoms with E-state index < -0.39 is 0 Å². The molecule has 4 heteroatoms. The highest BCUT2D eigenvalue weighted by Gasteiger charge is 2.21. The predicted octanol–water partition coefficient (Wildman–Crippen LogP) is 11.4. The lowest BCUT2D eigenvalue weighted by Gasteiger charge is -2.19. The van der Waals surface area contributed by atoms with Crippen LogP contribution in [0, 0.1) is 0 Å². The van der Waals surface area contributed by atoms with Crippen LogP contribution in [0.3, 0.4) is 0 Å². The summed E-state index contributed by atoms with van der Waals surface area (Å²) in [7, 11) is 0. The molecule has 0 saturated carbocycles. The highest BCUT2D eigenvalue weighted by atomic mass is 15.5. The first-order valence-electron chi connectivity index (χ1n) is 16.5. The number of hydrogen-bond acceptors (Lipinski definition) is 3. The molecule has 49 heavy (non-hydrogen) atoms. The molecule has 0 atom stereocenters. The average Bonchev–Trinajstić information content (AvgIpc) is 3.62. The maximum Gasteiger partial charge on any atom is 0.121 e. The van der Waals surface area contributed by atoms with Crippen molar-refractivity contribution in [2.45, 2.75) is 0 Å². The predicted molar refractivity (Wildman–Crippen MR) is 203 cm³/mol. The summed E-state index contributed by atoms with van der Waals surface area (Å²) in [5.41, 5.74) is 9.79. The minimum atomic E-state index is 0.859. The molecule has 2 aromatic heterocycles. The standard InChI is InChI=1S/C45H28N4/c1-2-12-33-31(10-1)11-9-19-35(33)43-36-14-4-6-16-38(36)44(39-17-7-5-15-37(39)43)41-28-42-45(40-18-8-3-13-34(40)41)48-49(47-42)32-22-20-29(21-23-32)30-24-26-46-27-25-30/h1-28H. The number of fused-ring (bicyclic) bond motifs is 6. The van der Waals surface area contributed by atoms with Gasteiger partial charge in [-0.15, -0.1) is 10.2 Å². The van der Waals surface area contributed by atoms with Crippen LogP contribution in [0.5, 0.6) is 0 Å². The van der Waals surface area contributed by atoms with Crippen LogP contribution in [0.2, 0.25) is 0 Å². The van der Waals surface area contributed by atoms with Crippen molar-refractivity contribution in [3.8, 4) is 39.1 Å². The molecule has 0 N–H and O–H groups in total. The molecule has 0 radical (unpaired) electrons. The van der Waals surface area contributed by atoms with Crippen molar-refractivity contribution in [2.75, 3.05) is 0 Å². The molecular weight excluding hydrogens is 597 g/mol. The topological polar surface area (TPSA) is 43.6 Å². The molecule has 0 spiro atoms. The Morgan fingerprint density at radius 1 is 0.388 bits per heavy atom. The molecule has 2 heterocycles. The summed E-state index contributed by atoms with van der Waals surface area (Å²) >= 11 is 0. The minimum Gasteiger partial charge on any atom is -0.265 e. The Labute approximate surface area is 282 Å². The second-order valence-electron chi connectivity index (χ2n) is 12.5. The lowest BCUT2D eigenvalue weighted by atomic mass is 9.83. The van der Waals surface area contributed by atoms with E-state index in [4.69, 9.17) is 10.2 Å². The number of benzene rings is 8. The van der Waals surface area contributed by atoms with E-state index in [1.54, 1.807) is 4.80 Å². The van der Waals surface area contributed by atoms with Crippen LogP contribution in [-0.4, -0.2) is 20.0 Å². The summed E-state index contributed by atoms with van der Waals surface area (Å²) in [5, 5.41) is 19.8. The van der Waals surface area contributed by atoms with Gasteiger partial charge in [0.15, 0.2) is 0 Å². The first-order valence-corrected chi connectivity index (χ1v) is 16.5. The number of pyridine rings is 1. The maximum atomic E-state index is 5.08. The van der Waals surface area contributed by atoms with E-state index >= 15 is 0 Å². The summed E-state index contributed by atoms with van der Waals surface area (Å²) in [6.07, 6.45) is 3.63. The van der Waals surface area contributed by atoms with Crippen molar-refractivity contribution in [3.63, 3.8) is 0 Å². The lowest BCUT2D eigenvalue weighted by Crippen LogP contribution is -1.98. The Bertz CT molecular complexity index is 2810. The Balaban J connectivity index is 1.23. The van der Waals surface area contributed by atoms with E-state index in [0.717, 1.165) is 44.2 Å². The molecule has 0 amide bonds. The first-order chi connectivity index (χ1) is 24.3. The smallest absolute Gasteiger partial charge is 0.121 e. The summed E-state index contributed by atoms with van der Waals surface area (Å²) in [4.78, 5) is 5.91. The van der Waals surface area contributed by atoms with Crippen molar-refractivity contribution in [2.24, 2.45) is 0 Å². The first kappa shape index (κ1) is 27.5. The van der Waals surface area contributed by atoms with Crippen molar-refractivity contribution in [3.05, 3.63) is 170 Å². The van der Waals surface area contributed by atoms with E-state index in [0.29, 0.717) is 0 Å². The highest BCUT2D eigenvalue weighted by molar-refractivity contribution is 6.26. The molecule has 4 nitrogen and oxygen atoms in total. The molecule has 8 aromatic carbocycles. The second-order valence-corrected chi connectivity index (χ2v) is 12.5. The van der Waals surface area contributed by atoms with Gasteiger partial charge in [0.1, 0.15) is 11.0 Å². The SMILES string of the molecule is c1ccc2c(-c3c4ccccc4c(-c4cc5nn(-c6ccc(-c7ccncc7)cc6)nc5c5ccccc45)c4ccccc34)cccc2c1. The summed E-state index contributed by atoms with van der Waals surface area (Å²) in [5.74, 6) is 0. The molecule has 0 bridgehead atoms. The third-order valence-electron chi connectivity index (χ3n) is 9.76. The van der Waals surface area contributed by atoms with E-state index in [9.17, 15) is 0 Å². The largest absolute Gasteiger partial charge is 0.265 e. The third kappa shape index (κ3) is 4.35. The van der Waals surface area contributed by atoms with Crippen LogP contribution in [0.1, 0.15) is 0 Å². The van der Waals surface area contributed by atoms with Gasteiger partial charge in [0, 0.05) is 17.8 Å². The van der Waals surface area contributed by atoms with Gasteiger partial charge >= 0.3 is 0 Å². The molecule has 0 aliphatic rings. The molecule has 10 rings (SSSR count). The third-order valence-corrected chi connectivity index (χ3v) is 9.76. The maximum absolute atomic E-state index is 5.08. The monoisotopic (exact) mass is 624 g/mol. The molecule has 0 saturated heterocycles. The summed E-state index contributed by atoms with van der Waals surface area (Å²) in [6, 6.07) is 56.2. The molecule has 0 aliphatic carbocycles. The highest BCUT2D eigenvalue weighted by Crippen LogP contribution is 2.47. The van der Waals surface area contributed by atoms with E-state index in [-0.39, 0.29) is 0 Å². The normalized spacial score (nSPS) is 11.7. The minimum absolute atomic E-state index is 0.859. The number of nitrogens with zero attached hydrogens (tertiary/aromatic N) is 4. The van der Waals surface area contributed by atoms with Crippen LogP contribution in [-0.2, 0) is 0 Å². The number of hydrogen-bond donors (Lipinski definition) is 0. The Hall–Kier alpha value is -6.65. The van der Waals surface area contributed by atoms with Gasteiger partial charge < -0.3 is 0 Å². The van der Waals surface area contributed by atoms with Gasteiger partial charge in [-0.25, -0.2) is 0 Å². The van der Waals surface area contributed by atoms with Gasteiger partial charge in [-0.05, 0) is 101 Å². The van der Waals surface area contributed by atoms with E-state index in [2.05, 4.69) is 151 Å². The Kier molecular flexibility index (Phi) is 6.15. The summed E-state index contributed by atoms with van der Waals surface area (Å²) < 4.78 is 0. The van der Waals surface area contributed by atoms with Gasteiger partial charge in [0.2, 0.25) is 0 Å².